The smallest absolute Gasteiger partial charge is 0.373 e. The maximum Gasteiger partial charge on any atom is 0.373 e. The molecule has 0 aliphatic heterocycles. The van der Waals surface area contributed by atoms with Crippen molar-refractivity contribution in [3.05, 3.63) is 29.6 Å². The van der Waals surface area contributed by atoms with Crippen LogP contribution in [0.3, 0.4) is 0 Å². The van der Waals surface area contributed by atoms with Crippen LogP contribution in [0.15, 0.2) is 18.5 Å². The van der Waals surface area contributed by atoms with Crippen LogP contribution in [0, 0.1) is 18.8 Å². The van der Waals surface area contributed by atoms with Crippen molar-refractivity contribution in [1.82, 2.24) is 4.98 Å². The lowest BCUT2D eigenvalue weighted by Gasteiger charge is -2.24. The summed E-state index contributed by atoms with van der Waals surface area (Å²) in [4.78, 5) is 58.3. The first-order valence-corrected chi connectivity index (χ1v) is 8.37. The van der Waals surface area contributed by atoms with E-state index in [2.05, 4.69) is 16.6 Å². The molecule has 0 saturated heterocycles. The molecule has 1 heterocycles. The Bertz CT molecular complexity index is 651. The van der Waals surface area contributed by atoms with Crippen molar-refractivity contribution >= 4 is 24.2 Å². The summed E-state index contributed by atoms with van der Waals surface area (Å²) in [6, 6.07) is 1.73. The maximum absolute atomic E-state index is 11.1. The predicted molar refractivity (Wildman–Crippen MR) is 107 cm³/mol. The molecule has 170 valence electrons. The summed E-state index contributed by atoms with van der Waals surface area (Å²) in [6.45, 7) is 4.08. The van der Waals surface area contributed by atoms with Gasteiger partial charge in [-0.2, -0.15) is 19.2 Å². The Kier molecular flexibility index (Phi) is 25.4. The Morgan fingerprint density at radius 2 is 1.53 bits per heavy atom. The number of ether oxygens (including phenoxy) is 2. The number of pyridine rings is 1. The molecule has 0 radical (unpaired) electrons. The minimum absolute atomic E-state index is 0. The lowest BCUT2D eigenvalue weighted by molar-refractivity contribution is -0.193. The number of hydrogen-bond donors (Lipinski definition) is 0. The molecule has 0 amide bonds. The molecule has 0 spiro atoms. The molecule has 1 aliphatic carbocycles. The van der Waals surface area contributed by atoms with E-state index in [-0.39, 0.29) is 45.0 Å². The summed E-state index contributed by atoms with van der Waals surface area (Å²) in [5.41, 5.74) is 1.44. The van der Waals surface area contributed by atoms with Crippen LogP contribution in [0.5, 0.6) is 0 Å². The summed E-state index contributed by atoms with van der Waals surface area (Å²) in [7, 11) is 2.83. The van der Waals surface area contributed by atoms with Crippen LogP contribution in [0.1, 0.15) is 63.4 Å². The zero-order valence-corrected chi connectivity index (χ0v) is 16.4. The van der Waals surface area contributed by atoms with Crippen LogP contribution in [0.4, 0.5) is 0 Å². The van der Waals surface area contributed by atoms with Gasteiger partial charge in [-0.25, -0.2) is 4.79 Å². The van der Waals surface area contributed by atoms with E-state index in [1.165, 1.54) is 33.3 Å². The van der Waals surface area contributed by atoms with Gasteiger partial charge in [0.15, 0.2) is 0 Å². The monoisotopic (exact) mass is 427 g/mol. The van der Waals surface area contributed by atoms with Crippen molar-refractivity contribution < 1.29 is 38.2 Å². The maximum atomic E-state index is 11.1. The van der Waals surface area contributed by atoms with Crippen molar-refractivity contribution in [2.24, 2.45) is 11.8 Å². The van der Waals surface area contributed by atoms with Crippen LogP contribution in [-0.2, 0) is 33.4 Å². The van der Waals surface area contributed by atoms with Gasteiger partial charge in [0.05, 0.1) is 25.7 Å². The van der Waals surface area contributed by atoms with Gasteiger partial charge >= 0.3 is 24.2 Å². The third-order valence-corrected chi connectivity index (χ3v) is 3.77. The third kappa shape index (κ3) is 17.0. The molecule has 0 N–H and O–H groups in total. The van der Waals surface area contributed by atoms with Crippen molar-refractivity contribution in [3.63, 3.8) is 0 Å². The molecule has 1 aromatic heterocycles. The minimum Gasteiger partial charge on any atom is -0.469 e. The molecule has 1 fully saturated rings. The van der Waals surface area contributed by atoms with Gasteiger partial charge < -0.3 is 9.47 Å². The highest BCUT2D eigenvalue weighted by atomic mass is 16.5. The highest BCUT2D eigenvalue weighted by Gasteiger charge is 2.25. The summed E-state index contributed by atoms with van der Waals surface area (Å²) >= 11 is 0. The number of hydrogen-bond acceptors (Lipinski definition) is 9. The molecule has 1 aromatic rings. The zero-order chi connectivity index (χ0) is 21.9. The fourth-order valence-corrected chi connectivity index (χ4v) is 2.60. The van der Waals surface area contributed by atoms with Gasteiger partial charge in [-0.15, -0.1) is 0 Å². The second kappa shape index (κ2) is 22.1. The number of carbonyl (C=O) groups is 2. The molecule has 0 bridgehead atoms. The lowest BCUT2D eigenvalue weighted by Crippen LogP contribution is -2.22. The summed E-state index contributed by atoms with van der Waals surface area (Å²) in [6.07, 6.45) is 8.17. The standard InChI is InChI=1S/C9H16O2.C8H9NO2.2CO2.2CH4/c1-7-4-3-5-8(6-7)9(10)11-2;1-6-3-7(5-9-4-6)8(10)11-2;2*2-1-3;;/h7-8H,3-6H2,1-2H3;3-5H,1-2H3;;;2*1H4. The Hall–Kier alpha value is -3.15. The predicted octanol–water partition coefficient (Wildman–Crippen LogP) is 3.27. The summed E-state index contributed by atoms with van der Waals surface area (Å²) < 4.78 is 9.21. The van der Waals surface area contributed by atoms with E-state index in [1.54, 1.807) is 12.3 Å². The second-order valence-corrected chi connectivity index (χ2v) is 5.90. The minimum atomic E-state index is -0.346. The number of methoxy groups -OCH3 is 2. The van der Waals surface area contributed by atoms with Crippen LogP contribution < -0.4 is 0 Å². The third-order valence-electron chi connectivity index (χ3n) is 3.77. The molecule has 2 unspecified atom stereocenters. The van der Waals surface area contributed by atoms with E-state index < -0.39 is 0 Å². The Balaban J connectivity index is -0.000000170. The number of aromatic nitrogens is 1. The SMILES string of the molecule is C.C.COC(=O)C1CCCC(C)C1.COC(=O)c1cncc(C)c1.O=C=O.O=C=O. The van der Waals surface area contributed by atoms with Gasteiger partial charge in [0, 0.05) is 12.4 Å². The van der Waals surface area contributed by atoms with E-state index in [4.69, 9.17) is 23.9 Å². The number of rotatable bonds is 2. The van der Waals surface area contributed by atoms with Crippen molar-refractivity contribution in [2.75, 3.05) is 14.2 Å². The first kappa shape index (κ1) is 34.4. The Labute approximate surface area is 178 Å². The average Bonchev–Trinajstić information content (AvgIpc) is 2.68. The fourth-order valence-electron chi connectivity index (χ4n) is 2.60. The summed E-state index contributed by atoms with van der Waals surface area (Å²) in [5, 5.41) is 0. The van der Waals surface area contributed by atoms with Gasteiger partial charge in [-0.05, 0) is 37.3 Å². The van der Waals surface area contributed by atoms with E-state index in [0.717, 1.165) is 18.4 Å². The van der Waals surface area contributed by atoms with Crippen molar-refractivity contribution in [2.45, 2.75) is 54.4 Å². The quantitative estimate of drug-likeness (QED) is 0.652. The van der Waals surface area contributed by atoms with Crippen molar-refractivity contribution in [3.8, 4) is 0 Å². The molecule has 9 nitrogen and oxygen atoms in total. The molecule has 1 aliphatic rings. The van der Waals surface area contributed by atoms with Gasteiger partial charge in [-0.1, -0.05) is 34.6 Å². The molecule has 30 heavy (non-hydrogen) atoms. The van der Waals surface area contributed by atoms with Gasteiger partial charge in [-0.3, -0.25) is 9.78 Å². The normalized spacial score (nSPS) is 15.5. The van der Waals surface area contributed by atoms with E-state index in [1.807, 2.05) is 6.92 Å². The van der Waals surface area contributed by atoms with Crippen LogP contribution >= 0.6 is 0 Å². The van der Waals surface area contributed by atoms with Crippen molar-refractivity contribution in [1.29, 1.82) is 0 Å². The number of nitrogens with zero attached hydrogens (tertiary/aromatic N) is 1. The molecular formula is C21H33NO8. The fraction of sp³-hybridized carbons (Fsp3) is 0.571. The summed E-state index contributed by atoms with van der Waals surface area (Å²) in [5.74, 6) is 0.523. The Morgan fingerprint density at radius 3 is 1.93 bits per heavy atom. The van der Waals surface area contributed by atoms with Gasteiger partial charge in [0.2, 0.25) is 0 Å². The number of carbonyl (C=O) groups excluding carboxylic acids is 6. The van der Waals surface area contributed by atoms with E-state index >= 15 is 0 Å². The zero-order valence-electron chi connectivity index (χ0n) is 16.4. The van der Waals surface area contributed by atoms with Gasteiger partial charge in [0.1, 0.15) is 0 Å². The largest absolute Gasteiger partial charge is 0.469 e. The Morgan fingerprint density at radius 1 is 1.00 bits per heavy atom. The molecule has 2 atom stereocenters. The van der Waals surface area contributed by atoms with Crippen LogP contribution in [0.25, 0.3) is 0 Å². The van der Waals surface area contributed by atoms with Crippen LogP contribution in [-0.4, -0.2) is 43.4 Å². The highest BCUT2D eigenvalue weighted by Crippen LogP contribution is 2.28. The van der Waals surface area contributed by atoms with Crippen LogP contribution in [0.2, 0.25) is 0 Å². The topological polar surface area (TPSA) is 134 Å². The molecule has 0 aromatic carbocycles. The second-order valence-electron chi connectivity index (χ2n) is 5.90. The number of aryl methyl sites for hydroxylation is 1. The first-order chi connectivity index (χ1) is 13.3. The highest BCUT2D eigenvalue weighted by molar-refractivity contribution is 5.89. The lowest BCUT2D eigenvalue weighted by atomic mass is 9.82. The molecular weight excluding hydrogens is 394 g/mol. The molecule has 2 rings (SSSR count). The average molecular weight is 427 g/mol. The first-order valence-electron chi connectivity index (χ1n) is 8.37. The molecule has 9 heteroatoms. The van der Waals surface area contributed by atoms with Gasteiger partial charge in [0.25, 0.3) is 0 Å². The molecule has 1 saturated carbocycles. The van der Waals surface area contributed by atoms with E-state index in [0.29, 0.717) is 11.5 Å². The number of esters is 2. The van der Waals surface area contributed by atoms with E-state index in [9.17, 15) is 9.59 Å².